The monoisotopic (exact) mass is 196 g/mol. The molecule has 2 heteroatoms. The van der Waals surface area contributed by atoms with Crippen LogP contribution >= 0.6 is 0 Å². The molecule has 2 nitrogen and oxygen atoms in total. The Bertz CT molecular complexity index is 213. The van der Waals surface area contributed by atoms with Crippen molar-refractivity contribution >= 4 is 0 Å². The zero-order valence-corrected chi connectivity index (χ0v) is 10.3. The van der Waals surface area contributed by atoms with Crippen molar-refractivity contribution in [1.29, 1.82) is 0 Å². The first-order valence-corrected chi connectivity index (χ1v) is 5.74. The Kier molecular flexibility index (Phi) is 2.20. The van der Waals surface area contributed by atoms with Crippen LogP contribution in [0.4, 0.5) is 0 Å². The molecule has 2 fully saturated rings. The van der Waals surface area contributed by atoms with Gasteiger partial charge in [0.1, 0.15) is 0 Å². The van der Waals surface area contributed by atoms with Crippen LogP contribution in [0.3, 0.4) is 0 Å². The fourth-order valence-electron chi connectivity index (χ4n) is 2.80. The Morgan fingerprint density at radius 3 is 2.00 bits per heavy atom. The van der Waals surface area contributed by atoms with Crippen LogP contribution in [-0.2, 0) is 0 Å². The third-order valence-corrected chi connectivity index (χ3v) is 4.07. The van der Waals surface area contributed by atoms with Crippen molar-refractivity contribution in [3.8, 4) is 0 Å². The van der Waals surface area contributed by atoms with Gasteiger partial charge < -0.3 is 4.90 Å². The van der Waals surface area contributed by atoms with E-state index < -0.39 is 0 Å². The summed E-state index contributed by atoms with van der Waals surface area (Å²) in [5.41, 5.74) is 1.09. The van der Waals surface area contributed by atoms with E-state index in [1.165, 1.54) is 25.9 Å². The first kappa shape index (κ1) is 10.4. The van der Waals surface area contributed by atoms with E-state index in [9.17, 15) is 0 Å². The maximum Gasteiger partial charge on any atom is 0.0125 e. The molecule has 0 N–H and O–H groups in total. The zero-order chi connectivity index (χ0) is 10.6. The van der Waals surface area contributed by atoms with Gasteiger partial charge in [-0.2, -0.15) is 0 Å². The summed E-state index contributed by atoms with van der Waals surface area (Å²) in [5, 5.41) is 0. The topological polar surface area (TPSA) is 6.48 Å². The Morgan fingerprint density at radius 1 is 1.14 bits per heavy atom. The molecule has 1 aliphatic carbocycles. The first-order chi connectivity index (χ1) is 6.32. The minimum atomic E-state index is 0.383. The van der Waals surface area contributed by atoms with Crippen molar-refractivity contribution in [2.45, 2.75) is 45.2 Å². The van der Waals surface area contributed by atoms with E-state index >= 15 is 0 Å². The summed E-state index contributed by atoms with van der Waals surface area (Å²) in [5.74, 6) is 0. The van der Waals surface area contributed by atoms with Crippen molar-refractivity contribution in [3.63, 3.8) is 0 Å². The number of rotatable bonds is 1. The van der Waals surface area contributed by atoms with Gasteiger partial charge in [0.25, 0.3) is 0 Å². The molecule has 0 aromatic heterocycles. The minimum Gasteiger partial charge on any atom is -0.306 e. The SMILES string of the molecule is CN(C)C1CC2(C1)CN(C(C)(C)C)C2. The van der Waals surface area contributed by atoms with Gasteiger partial charge >= 0.3 is 0 Å². The van der Waals surface area contributed by atoms with E-state index in [2.05, 4.69) is 44.7 Å². The summed E-state index contributed by atoms with van der Waals surface area (Å²) >= 11 is 0. The molecular formula is C12H24N2. The van der Waals surface area contributed by atoms with Gasteiger partial charge in [-0.05, 0) is 53.1 Å². The Hall–Kier alpha value is -0.0800. The fraction of sp³-hybridized carbons (Fsp3) is 1.00. The average Bonchev–Trinajstić information content (AvgIpc) is 1.74. The predicted octanol–water partition coefficient (Wildman–Crippen LogP) is 1.81. The Labute approximate surface area is 88.3 Å². The smallest absolute Gasteiger partial charge is 0.0125 e. The molecule has 14 heavy (non-hydrogen) atoms. The maximum atomic E-state index is 2.61. The van der Waals surface area contributed by atoms with Gasteiger partial charge in [0.05, 0.1) is 0 Å². The van der Waals surface area contributed by atoms with E-state index in [4.69, 9.17) is 0 Å². The van der Waals surface area contributed by atoms with Crippen molar-refractivity contribution in [2.24, 2.45) is 5.41 Å². The molecule has 82 valence electrons. The van der Waals surface area contributed by atoms with Crippen molar-refractivity contribution in [3.05, 3.63) is 0 Å². The molecule has 1 spiro atoms. The number of hydrogen-bond acceptors (Lipinski definition) is 2. The Balaban J connectivity index is 1.80. The zero-order valence-electron chi connectivity index (χ0n) is 10.3. The summed E-state index contributed by atoms with van der Waals surface area (Å²) in [4.78, 5) is 4.99. The lowest BCUT2D eigenvalue weighted by Gasteiger charge is -2.63. The van der Waals surface area contributed by atoms with Crippen LogP contribution in [0.2, 0.25) is 0 Å². The molecule has 1 heterocycles. The van der Waals surface area contributed by atoms with Crippen LogP contribution in [0.25, 0.3) is 0 Å². The van der Waals surface area contributed by atoms with E-state index in [1.807, 2.05) is 0 Å². The van der Waals surface area contributed by atoms with Gasteiger partial charge in [-0.3, -0.25) is 4.90 Å². The maximum absolute atomic E-state index is 2.61. The summed E-state index contributed by atoms with van der Waals surface area (Å²) in [6, 6.07) is 0.858. The average molecular weight is 196 g/mol. The second kappa shape index (κ2) is 2.96. The van der Waals surface area contributed by atoms with E-state index in [0.717, 1.165) is 6.04 Å². The van der Waals surface area contributed by atoms with Crippen molar-refractivity contribution in [1.82, 2.24) is 9.80 Å². The highest BCUT2D eigenvalue weighted by Crippen LogP contribution is 2.51. The van der Waals surface area contributed by atoms with E-state index in [-0.39, 0.29) is 0 Å². The Morgan fingerprint density at radius 2 is 1.64 bits per heavy atom. The largest absolute Gasteiger partial charge is 0.306 e. The minimum absolute atomic E-state index is 0.383. The van der Waals surface area contributed by atoms with Crippen LogP contribution < -0.4 is 0 Å². The van der Waals surface area contributed by atoms with Gasteiger partial charge in [-0.25, -0.2) is 0 Å². The lowest BCUT2D eigenvalue weighted by Crippen LogP contribution is -2.69. The van der Waals surface area contributed by atoms with Gasteiger partial charge in [0.15, 0.2) is 0 Å². The molecule has 1 saturated heterocycles. The molecule has 0 atom stereocenters. The molecular weight excluding hydrogens is 172 g/mol. The van der Waals surface area contributed by atoms with Crippen LogP contribution in [0, 0.1) is 5.41 Å². The second-order valence-corrected chi connectivity index (χ2v) is 6.55. The molecule has 0 amide bonds. The molecule has 1 saturated carbocycles. The van der Waals surface area contributed by atoms with Crippen molar-refractivity contribution < 1.29 is 0 Å². The molecule has 0 radical (unpaired) electrons. The highest BCUT2D eigenvalue weighted by Gasteiger charge is 2.54. The second-order valence-electron chi connectivity index (χ2n) is 6.55. The standard InChI is InChI=1S/C12H24N2/c1-11(2,3)14-8-12(9-14)6-10(7-12)13(4)5/h10H,6-9H2,1-5H3. The van der Waals surface area contributed by atoms with Gasteiger partial charge in [-0.15, -0.1) is 0 Å². The van der Waals surface area contributed by atoms with Crippen LogP contribution in [-0.4, -0.2) is 48.6 Å². The number of hydrogen-bond donors (Lipinski definition) is 0. The molecule has 1 aliphatic heterocycles. The highest BCUT2D eigenvalue weighted by molar-refractivity contribution is 5.08. The quantitative estimate of drug-likeness (QED) is 0.631. The normalized spacial score (nSPS) is 27.9. The summed E-state index contributed by atoms with van der Waals surface area (Å²) in [6.07, 6.45) is 2.85. The predicted molar refractivity (Wildman–Crippen MR) is 60.5 cm³/mol. The molecule has 0 bridgehead atoms. The molecule has 0 unspecified atom stereocenters. The van der Waals surface area contributed by atoms with Gasteiger partial charge in [0, 0.05) is 24.7 Å². The lowest BCUT2D eigenvalue weighted by molar-refractivity contribution is -0.133. The first-order valence-electron chi connectivity index (χ1n) is 5.74. The van der Waals surface area contributed by atoms with Crippen LogP contribution in [0.1, 0.15) is 33.6 Å². The molecule has 2 aliphatic rings. The number of likely N-dealkylation sites (tertiary alicyclic amines) is 1. The summed E-state index contributed by atoms with van der Waals surface area (Å²) < 4.78 is 0. The molecule has 0 aromatic rings. The van der Waals surface area contributed by atoms with Crippen LogP contribution in [0.5, 0.6) is 0 Å². The fourth-order valence-corrected chi connectivity index (χ4v) is 2.80. The molecule has 0 aromatic carbocycles. The van der Waals surface area contributed by atoms with E-state index in [1.54, 1.807) is 0 Å². The number of nitrogens with zero attached hydrogens (tertiary/aromatic N) is 2. The van der Waals surface area contributed by atoms with E-state index in [0.29, 0.717) is 11.0 Å². The van der Waals surface area contributed by atoms with Crippen molar-refractivity contribution in [2.75, 3.05) is 27.2 Å². The summed E-state index contributed by atoms with van der Waals surface area (Å²) in [7, 11) is 4.41. The van der Waals surface area contributed by atoms with Gasteiger partial charge in [0.2, 0.25) is 0 Å². The lowest BCUT2D eigenvalue weighted by atomic mass is 9.59. The van der Waals surface area contributed by atoms with Gasteiger partial charge in [-0.1, -0.05) is 0 Å². The molecule has 2 rings (SSSR count). The summed E-state index contributed by atoms with van der Waals surface area (Å²) in [6.45, 7) is 9.63. The third kappa shape index (κ3) is 1.59. The third-order valence-electron chi connectivity index (χ3n) is 4.07. The highest BCUT2D eigenvalue weighted by atomic mass is 15.3. The van der Waals surface area contributed by atoms with Crippen LogP contribution in [0.15, 0.2) is 0 Å².